The summed E-state index contributed by atoms with van der Waals surface area (Å²) in [7, 11) is -3.74. The minimum atomic E-state index is -5.08. The molecule has 0 aromatic heterocycles. The number of anilines is 1. The molecule has 0 fully saturated rings. The van der Waals surface area contributed by atoms with E-state index < -0.39 is 52.1 Å². The smallest absolute Gasteiger partial charge is 0.475 e. The van der Waals surface area contributed by atoms with Crippen LogP contribution in [0.4, 0.5) is 18.9 Å². The maximum absolute atomic E-state index is 13.9. The quantitative estimate of drug-likeness (QED) is 0.109. The number of halogens is 3. The van der Waals surface area contributed by atoms with Crippen LogP contribution in [0.2, 0.25) is 0 Å². The number of carboxylic acid groups (broad SMARTS) is 1. The Morgan fingerprint density at radius 2 is 1.29 bits per heavy atom. The monoisotopic (exact) mass is 834 g/mol. The summed E-state index contributed by atoms with van der Waals surface area (Å²) in [6.45, 7) is 11.4. The van der Waals surface area contributed by atoms with Crippen LogP contribution in [-0.4, -0.2) is 93.3 Å². The van der Waals surface area contributed by atoms with Crippen molar-refractivity contribution in [2.75, 3.05) is 30.2 Å². The lowest BCUT2D eigenvalue weighted by atomic mass is 10.0. The number of carbonyl (C=O) groups excluding carboxylic acids is 4. The molecule has 0 aliphatic heterocycles. The van der Waals surface area contributed by atoms with Gasteiger partial charge in [-0.3, -0.25) is 23.5 Å². The molecule has 0 heterocycles. The third kappa shape index (κ3) is 15.8. The molecule has 0 aliphatic carbocycles. The predicted molar refractivity (Wildman–Crippen MR) is 215 cm³/mol. The highest BCUT2D eigenvalue weighted by atomic mass is 32.2. The third-order valence-electron chi connectivity index (χ3n) is 8.63. The molecule has 6 N–H and O–H groups in total. The first-order valence-electron chi connectivity index (χ1n) is 18.5. The number of carbonyl (C=O) groups is 5. The maximum atomic E-state index is 13.9. The number of aliphatic carboxylic acids is 1. The van der Waals surface area contributed by atoms with Gasteiger partial charge in [-0.05, 0) is 69.4 Å². The van der Waals surface area contributed by atoms with Crippen LogP contribution in [-0.2, 0) is 30.8 Å². The fourth-order valence-corrected chi connectivity index (χ4v) is 6.54. The lowest BCUT2D eigenvalue weighted by Crippen LogP contribution is -2.55. The van der Waals surface area contributed by atoms with E-state index in [0.717, 1.165) is 21.7 Å². The second kappa shape index (κ2) is 22.4. The molecule has 4 amide bonds. The summed E-state index contributed by atoms with van der Waals surface area (Å²) in [5.41, 5.74) is 2.22. The Morgan fingerprint density at radius 1 is 0.776 bits per heavy atom. The van der Waals surface area contributed by atoms with Crippen molar-refractivity contribution in [3.05, 3.63) is 101 Å². The van der Waals surface area contributed by atoms with Gasteiger partial charge in [0.25, 0.3) is 11.8 Å². The van der Waals surface area contributed by atoms with E-state index >= 15 is 0 Å². The van der Waals surface area contributed by atoms with Gasteiger partial charge in [-0.15, -0.1) is 0 Å². The zero-order valence-electron chi connectivity index (χ0n) is 33.5. The number of sulfonamides is 1. The number of carboxylic acids is 1. The molecule has 318 valence electrons. The first kappa shape index (κ1) is 48.7. The molecule has 0 bridgehead atoms. The second-order valence-electron chi connectivity index (χ2n) is 13.7. The van der Waals surface area contributed by atoms with Crippen molar-refractivity contribution in [3.63, 3.8) is 0 Å². The maximum Gasteiger partial charge on any atom is 0.490 e. The molecule has 3 rings (SSSR count). The van der Waals surface area contributed by atoms with E-state index in [4.69, 9.17) is 9.90 Å². The number of nitrogens with one attached hydrogen (secondary N) is 5. The van der Waals surface area contributed by atoms with E-state index in [9.17, 15) is 40.8 Å². The van der Waals surface area contributed by atoms with Crippen LogP contribution in [0.1, 0.15) is 79.4 Å². The van der Waals surface area contributed by atoms with Crippen molar-refractivity contribution in [3.8, 4) is 0 Å². The van der Waals surface area contributed by atoms with Crippen molar-refractivity contribution >= 4 is 45.3 Å². The standard InChI is InChI=1S/C38H52N6O6S.C2HF3O2/c1-8-39-38(48)34(25(3)4)43-35(45)27(6)40-24-32(20-28-16-12-10-13-17-28)42-37(47)31-21-30(22-33(23-31)44(9-2)51(7,49)50)36(46)41-26(5)29-18-14-11-15-19-29;3-2(4,5)1(6)7/h10-19,21-23,25-27,32,34,40H,8-9,20,24H2,1-7H3,(H,39,48)(H,41,46)(H,42,47)(H,43,45);(H,6,7)/t26-,27+,32+,34+;/m1./s1. The van der Waals surface area contributed by atoms with Gasteiger partial charge < -0.3 is 31.7 Å². The molecule has 0 spiro atoms. The predicted octanol–water partition coefficient (Wildman–Crippen LogP) is 4.19. The van der Waals surface area contributed by atoms with Crippen LogP contribution in [0, 0.1) is 5.92 Å². The van der Waals surface area contributed by atoms with Crippen LogP contribution < -0.4 is 30.9 Å². The zero-order valence-corrected chi connectivity index (χ0v) is 34.3. The normalized spacial score (nSPS) is 13.4. The third-order valence-corrected chi connectivity index (χ3v) is 9.90. The number of nitrogens with zero attached hydrogens (tertiary/aromatic N) is 1. The summed E-state index contributed by atoms with van der Waals surface area (Å²) in [6, 6.07) is 21.0. The Bertz CT molecular complexity index is 1950. The molecule has 0 unspecified atom stereocenters. The van der Waals surface area contributed by atoms with E-state index in [1.54, 1.807) is 13.8 Å². The van der Waals surface area contributed by atoms with Crippen molar-refractivity contribution in [1.82, 2.24) is 26.6 Å². The highest BCUT2D eigenvalue weighted by Crippen LogP contribution is 2.23. The van der Waals surface area contributed by atoms with E-state index in [2.05, 4.69) is 26.6 Å². The summed E-state index contributed by atoms with van der Waals surface area (Å²) in [5, 5.41) is 21.9. The Kier molecular flexibility index (Phi) is 18.8. The Hall–Kier alpha value is -5.49. The highest BCUT2D eigenvalue weighted by molar-refractivity contribution is 7.92. The van der Waals surface area contributed by atoms with Gasteiger partial charge in [0, 0.05) is 36.8 Å². The number of hydrogen-bond donors (Lipinski definition) is 6. The number of benzene rings is 3. The Labute approximate surface area is 337 Å². The average Bonchev–Trinajstić information content (AvgIpc) is 3.15. The highest BCUT2D eigenvalue weighted by Gasteiger charge is 2.38. The van der Waals surface area contributed by atoms with Gasteiger partial charge in [-0.1, -0.05) is 74.5 Å². The fourth-order valence-electron chi connectivity index (χ4n) is 5.58. The van der Waals surface area contributed by atoms with E-state index in [1.165, 1.54) is 18.2 Å². The van der Waals surface area contributed by atoms with Crippen molar-refractivity contribution < 1.29 is 50.7 Å². The first-order chi connectivity index (χ1) is 27.1. The average molecular weight is 835 g/mol. The minimum absolute atomic E-state index is 0.0870. The lowest BCUT2D eigenvalue weighted by Gasteiger charge is -2.26. The molecule has 0 radical (unpaired) electrons. The largest absolute Gasteiger partial charge is 0.490 e. The zero-order chi connectivity index (χ0) is 43.8. The first-order valence-corrected chi connectivity index (χ1v) is 20.4. The summed E-state index contributed by atoms with van der Waals surface area (Å²) in [5.74, 6) is -4.51. The number of alkyl halides is 3. The van der Waals surface area contributed by atoms with Gasteiger partial charge in [0.05, 0.1) is 24.0 Å². The van der Waals surface area contributed by atoms with Crippen LogP contribution in [0.5, 0.6) is 0 Å². The van der Waals surface area contributed by atoms with E-state index in [-0.39, 0.29) is 53.7 Å². The van der Waals surface area contributed by atoms with E-state index in [1.807, 2.05) is 88.4 Å². The molecule has 18 heteroatoms. The number of amides is 4. The molecule has 3 aromatic rings. The van der Waals surface area contributed by atoms with Gasteiger partial charge in [0.1, 0.15) is 6.04 Å². The van der Waals surface area contributed by atoms with Crippen LogP contribution in [0.25, 0.3) is 0 Å². The lowest BCUT2D eigenvalue weighted by molar-refractivity contribution is -0.192. The van der Waals surface area contributed by atoms with Gasteiger partial charge >= 0.3 is 12.1 Å². The van der Waals surface area contributed by atoms with Crippen molar-refractivity contribution in [1.29, 1.82) is 0 Å². The summed E-state index contributed by atoms with van der Waals surface area (Å²) in [4.78, 5) is 62.0. The number of hydrogen-bond acceptors (Lipinski definition) is 8. The summed E-state index contributed by atoms with van der Waals surface area (Å²) >= 11 is 0. The molecule has 3 aromatic carbocycles. The Balaban J connectivity index is 0.00000151. The van der Waals surface area contributed by atoms with Gasteiger partial charge in [0.2, 0.25) is 21.8 Å². The second-order valence-corrected chi connectivity index (χ2v) is 15.6. The van der Waals surface area contributed by atoms with Gasteiger partial charge in [-0.2, -0.15) is 13.2 Å². The number of likely N-dealkylation sites (N-methyl/N-ethyl adjacent to an activating group) is 1. The summed E-state index contributed by atoms with van der Waals surface area (Å²) < 4.78 is 58.3. The minimum Gasteiger partial charge on any atom is -0.475 e. The van der Waals surface area contributed by atoms with Gasteiger partial charge in [-0.25, -0.2) is 13.2 Å². The molecule has 58 heavy (non-hydrogen) atoms. The van der Waals surface area contributed by atoms with Crippen LogP contribution in [0.15, 0.2) is 78.9 Å². The van der Waals surface area contributed by atoms with Crippen molar-refractivity contribution in [2.24, 2.45) is 5.92 Å². The molecule has 0 saturated carbocycles. The van der Waals surface area contributed by atoms with E-state index in [0.29, 0.717) is 13.0 Å². The molecule has 14 nitrogen and oxygen atoms in total. The van der Waals surface area contributed by atoms with Crippen LogP contribution in [0.3, 0.4) is 0 Å². The fraction of sp³-hybridized carbons (Fsp3) is 0.425. The molecule has 0 saturated heterocycles. The SMILES string of the molecule is CCNC(=O)[C@@H](NC(=O)[C@H](C)NC[C@H](Cc1ccccc1)NC(=O)c1cc(C(=O)N[C@H](C)c2ccccc2)cc(N(CC)S(C)(=O)=O)c1)C(C)C.O=C(O)C(F)(F)F. The molecule has 4 atom stereocenters. The molecular formula is C40H53F3N6O8S. The summed E-state index contributed by atoms with van der Waals surface area (Å²) in [6.07, 6.45) is -3.60. The molecular weight excluding hydrogens is 782 g/mol. The molecule has 0 aliphatic rings. The van der Waals surface area contributed by atoms with Crippen LogP contribution >= 0.6 is 0 Å². The Morgan fingerprint density at radius 3 is 1.76 bits per heavy atom. The van der Waals surface area contributed by atoms with Gasteiger partial charge in [0.15, 0.2) is 0 Å². The van der Waals surface area contributed by atoms with Crippen molar-refractivity contribution in [2.45, 2.75) is 78.3 Å². The topological polar surface area (TPSA) is 203 Å². The number of rotatable bonds is 18.